The van der Waals surface area contributed by atoms with Crippen molar-refractivity contribution in [3.05, 3.63) is 41.2 Å². The zero-order valence-corrected chi connectivity index (χ0v) is 23.6. The van der Waals surface area contributed by atoms with Gasteiger partial charge in [0.2, 0.25) is 0 Å². The van der Waals surface area contributed by atoms with E-state index in [9.17, 15) is 0 Å². The predicted molar refractivity (Wildman–Crippen MR) is 148 cm³/mol. The summed E-state index contributed by atoms with van der Waals surface area (Å²) in [5, 5.41) is 0. The third-order valence-corrected chi connectivity index (χ3v) is 9.07. The third kappa shape index (κ3) is 8.31. The largest absolute Gasteiger partial charge is 0.111 e. The zero-order valence-electron chi connectivity index (χ0n) is 23.6. The van der Waals surface area contributed by atoms with E-state index in [1.807, 2.05) is 0 Å². The van der Waals surface area contributed by atoms with E-state index in [0.29, 0.717) is 11.8 Å². The third-order valence-electron chi connectivity index (χ3n) is 9.07. The summed E-state index contributed by atoms with van der Waals surface area (Å²) in [5.41, 5.74) is 8.58. The molecule has 2 rings (SSSR count). The lowest BCUT2D eigenvalue weighted by Crippen LogP contribution is -2.25. The Hall–Kier alpha value is -1.00. The van der Waals surface area contributed by atoms with Gasteiger partial charge in [-0.1, -0.05) is 98.8 Å². The molecule has 0 saturated heterocycles. The molecule has 0 aliphatic heterocycles. The molecule has 2 aliphatic carbocycles. The van der Waals surface area contributed by atoms with Crippen LogP contribution in [0.3, 0.4) is 0 Å². The molecule has 0 heteroatoms. The molecule has 7 unspecified atom stereocenters. The van der Waals surface area contributed by atoms with Crippen molar-refractivity contribution in [3.8, 4) is 0 Å². The van der Waals surface area contributed by atoms with E-state index in [4.69, 9.17) is 0 Å². The first-order chi connectivity index (χ1) is 15.7. The number of rotatable bonds is 17. The fourth-order valence-corrected chi connectivity index (χ4v) is 6.50. The van der Waals surface area contributed by atoms with E-state index in [2.05, 4.69) is 79.9 Å². The minimum absolute atomic E-state index is 0.641. The average molecular weight is 453 g/mol. The van der Waals surface area contributed by atoms with E-state index in [0.717, 1.165) is 41.9 Å². The summed E-state index contributed by atoms with van der Waals surface area (Å²) in [7, 11) is 0. The van der Waals surface area contributed by atoms with Gasteiger partial charge in [0.15, 0.2) is 0 Å². The second-order valence-electron chi connectivity index (χ2n) is 12.2. The number of hydrogen-bond acceptors (Lipinski definition) is 0. The molecule has 0 aromatic rings. The summed E-state index contributed by atoms with van der Waals surface area (Å²) in [6.45, 7) is 23.5. The van der Waals surface area contributed by atoms with Crippen molar-refractivity contribution in [2.75, 3.05) is 0 Å². The second-order valence-corrected chi connectivity index (χ2v) is 12.2. The van der Waals surface area contributed by atoms with E-state index in [-0.39, 0.29) is 0 Å². The van der Waals surface area contributed by atoms with Gasteiger partial charge in [0.25, 0.3) is 0 Å². The Morgan fingerprint density at radius 2 is 1.67 bits per heavy atom. The van der Waals surface area contributed by atoms with Crippen molar-refractivity contribution in [1.29, 1.82) is 0 Å². The molecule has 2 aliphatic rings. The molecule has 0 bridgehead atoms. The van der Waals surface area contributed by atoms with Crippen molar-refractivity contribution in [1.82, 2.24) is 0 Å². The van der Waals surface area contributed by atoms with Crippen LogP contribution in [-0.2, 0) is 0 Å². The molecule has 0 aromatic heterocycles. The monoisotopic (exact) mass is 452 g/mol. The van der Waals surface area contributed by atoms with Gasteiger partial charge in [-0.15, -0.1) is 12.3 Å². The van der Waals surface area contributed by atoms with Crippen LogP contribution >= 0.6 is 0 Å². The Kier molecular flexibility index (Phi) is 11.8. The highest BCUT2D eigenvalue weighted by atomic mass is 14.4. The quantitative estimate of drug-likeness (QED) is 0.152. The highest BCUT2D eigenvalue weighted by Crippen LogP contribution is 2.52. The van der Waals surface area contributed by atoms with E-state index in [1.54, 1.807) is 16.7 Å². The molecular weight excluding hydrogens is 396 g/mol. The van der Waals surface area contributed by atoms with Crippen molar-refractivity contribution in [2.24, 2.45) is 47.3 Å². The maximum Gasteiger partial charge on any atom is 0.00864 e. The van der Waals surface area contributed by atoms with Crippen molar-refractivity contribution < 1.29 is 0 Å². The van der Waals surface area contributed by atoms with Gasteiger partial charge in [0, 0.05) is 11.1 Å². The van der Waals surface area contributed by atoms with Gasteiger partial charge in [-0.25, -0.2) is 0 Å². The van der Waals surface area contributed by atoms with Gasteiger partial charge in [0.1, 0.15) is 0 Å². The van der Waals surface area contributed by atoms with Crippen LogP contribution in [0.5, 0.6) is 0 Å². The minimum Gasteiger partial charge on any atom is -0.111 e. The number of hydrogen-bond donors (Lipinski definition) is 0. The fraction of sp³-hybridized carbons (Fsp3) is 0.788. The molecule has 1 saturated carbocycles. The average Bonchev–Trinajstić information content (AvgIpc) is 3.51. The molecule has 7 atom stereocenters. The van der Waals surface area contributed by atoms with Crippen LogP contribution in [0.4, 0.5) is 0 Å². The van der Waals surface area contributed by atoms with Crippen LogP contribution in [0, 0.1) is 47.3 Å². The normalized spacial score (nSPS) is 24.6. The first-order valence-corrected chi connectivity index (χ1v) is 14.6. The smallest absolute Gasteiger partial charge is 0.00864 e. The van der Waals surface area contributed by atoms with Gasteiger partial charge >= 0.3 is 0 Å². The fourth-order valence-electron chi connectivity index (χ4n) is 6.50. The highest BCUT2D eigenvalue weighted by Gasteiger charge is 2.40. The maximum atomic E-state index is 3.96. The molecule has 0 radical (unpaired) electrons. The Balaban J connectivity index is 2.03. The SMILES string of the molecule is C=CCCC(=CC(C)C(CC(C)C(C)CC1CC(CCC)C2=C=C21)C(C)CCCC)C(C)C. The van der Waals surface area contributed by atoms with Gasteiger partial charge in [-0.2, -0.15) is 0 Å². The van der Waals surface area contributed by atoms with Crippen LogP contribution in [-0.4, -0.2) is 0 Å². The Morgan fingerprint density at radius 3 is 2.27 bits per heavy atom. The van der Waals surface area contributed by atoms with Crippen molar-refractivity contribution in [3.63, 3.8) is 0 Å². The summed E-state index contributed by atoms with van der Waals surface area (Å²) in [5.74, 6) is 6.14. The molecule has 33 heavy (non-hydrogen) atoms. The summed E-state index contributed by atoms with van der Waals surface area (Å²) in [4.78, 5) is 0. The summed E-state index contributed by atoms with van der Waals surface area (Å²) < 4.78 is 0. The number of allylic oxidation sites excluding steroid dienone is 4. The predicted octanol–water partition coefficient (Wildman–Crippen LogP) is 10.6. The maximum absolute atomic E-state index is 3.96. The van der Waals surface area contributed by atoms with Gasteiger partial charge in [-0.05, 0) is 85.9 Å². The molecule has 188 valence electrons. The first kappa shape index (κ1) is 28.2. The lowest BCUT2D eigenvalue weighted by atomic mass is 9.71. The molecule has 0 amide bonds. The van der Waals surface area contributed by atoms with Crippen LogP contribution in [0.1, 0.15) is 120 Å². The van der Waals surface area contributed by atoms with Crippen molar-refractivity contribution in [2.45, 2.75) is 120 Å². The Labute approximate surface area is 208 Å². The standard InChI is InChI=1S/C33H56/c1-10-13-16-24(6)31(27(9)19-28(23(4)5)17-14-11-2)20-26(8)25(7)18-30-21-29(15-12-3)32-22-33(30)32/h11,19,23-27,29-31H,2,10,12-18,20-21H2,1,3-9H3. The van der Waals surface area contributed by atoms with Crippen LogP contribution in [0.25, 0.3) is 0 Å². The molecule has 1 fully saturated rings. The van der Waals surface area contributed by atoms with Crippen LogP contribution in [0.15, 0.2) is 41.2 Å². The molecular formula is C33H56. The van der Waals surface area contributed by atoms with Gasteiger partial charge in [-0.3, -0.25) is 0 Å². The second kappa shape index (κ2) is 13.8. The number of unbranched alkanes of at least 4 members (excludes halogenated alkanes) is 1. The molecule has 0 aromatic carbocycles. The molecule has 0 heterocycles. The van der Waals surface area contributed by atoms with E-state index in [1.165, 1.54) is 57.8 Å². The minimum atomic E-state index is 0.641. The molecule has 0 nitrogen and oxygen atoms in total. The lowest BCUT2D eigenvalue weighted by Gasteiger charge is -2.34. The Bertz CT molecular complexity index is 698. The first-order valence-electron chi connectivity index (χ1n) is 14.6. The lowest BCUT2D eigenvalue weighted by molar-refractivity contribution is 0.186. The topological polar surface area (TPSA) is 0 Å². The van der Waals surface area contributed by atoms with E-state index >= 15 is 0 Å². The van der Waals surface area contributed by atoms with E-state index < -0.39 is 0 Å². The van der Waals surface area contributed by atoms with Gasteiger partial charge in [0.05, 0.1) is 0 Å². The van der Waals surface area contributed by atoms with Gasteiger partial charge < -0.3 is 0 Å². The molecule has 0 spiro atoms. The zero-order chi connectivity index (χ0) is 24.5. The highest BCUT2D eigenvalue weighted by molar-refractivity contribution is 5.51. The summed E-state index contributed by atoms with van der Waals surface area (Å²) >= 11 is 0. The molecule has 0 N–H and O–H groups in total. The van der Waals surface area contributed by atoms with Crippen LogP contribution < -0.4 is 0 Å². The number of fused-ring (bicyclic) bond motifs is 1. The van der Waals surface area contributed by atoms with Crippen molar-refractivity contribution >= 4 is 0 Å². The summed E-state index contributed by atoms with van der Waals surface area (Å²) in [6.07, 6.45) is 17.9. The summed E-state index contributed by atoms with van der Waals surface area (Å²) in [6, 6.07) is 0. The Morgan fingerprint density at radius 1 is 0.970 bits per heavy atom. The van der Waals surface area contributed by atoms with Crippen LogP contribution in [0.2, 0.25) is 0 Å².